The molecule has 1 heterocycles. The second kappa shape index (κ2) is 4.14. The molecule has 3 heteroatoms. The predicted octanol–water partition coefficient (Wildman–Crippen LogP) is 2.16. The van der Waals surface area contributed by atoms with E-state index in [1.54, 1.807) is 13.1 Å². The van der Waals surface area contributed by atoms with Crippen LogP contribution in [0.15, 0.2) is 41.3 Å². The Morgan fingerprint density at radius 1 is 1.19 bits per heavy atom. The van der Waals surface area contributed by atoms with E-state index in [1.165, 1.54) is 0 Å². The summed E-state index contributed by atoms with van der Waals surface area (Å²) in [6.45, 7) is 1.78. The molecule has 2 aromatic rings. The number of hydrogen-bond donors (Lipinski definition) is 1. The number of aromatic amines is 1. The summed E-state index contributed by atoms with van der Waals surface area (Å²) in [5, 5.41) is 0. The molecule has 0 atom stereocenters. The van der Waals surface area contributed by atoms with E-state index in [9.17, 15) is 9.59 Å². The molecule has 0 unspecified atom stereocenters. The van der Waals surface area contributed by atoms with Gasteiger partial charge in [-0.15, -0.1) is 0 Å². The highest BCUT2D eigenvalue weighted by Crippen LogP contribution is 2.22. The number of pyridine rings is 1. The van der Waals surface area contributed by atoms with E-state index in [-0.39, 0.29) is 11.1 Å². The van der Waals surface area contributed by atoms with Crippen molar-refractivity contribution in [3.63, 3.8) is 0 Å². The first-order valence-corrected chi connectivity index (χ1v) is 4.97. The van der Waals surface area contributed by atoms with Crippen LogP contribution in [0.2, 0.25) is 0 Å². The fraction of sp³-hybridized carbons (Fsp3) is 0.0769. The molecule has 0 radical (unpaired) electrons. The maximum Gasteiger partial charge on any atom is 0.258 e. The fourth-order valence-corrected chi connectivity index (χ4v) is 1.70. The van der Waals surface area contributed by atoms with Gasteiger partial charge >= 0.3 is 0 Å². The van der Waals surface area contributed by atoms with E-state index < -0.39 is 0 Å². The maximum absolute atomic E-state index is 11.4. The number of hydrogen-bond acceptors (Lipinski definition) is 2. The quantitative estimate of drug-likeness (QED) is 0.777. The van der Waals surface area contributed by atoms with Crippen LogP contribution in [-0.2, 0) is 0 Å². The minimum Gasteiger partial charge on any atom is -0.328 e. The molecule has 16 heavy (non-hydrogen) atoms. The van der Waals surface area contributed by atoms with Crippen molar-refractivity contribution in [2.45, 2.75) is 6.92 Å². The number of carbonyl (C=O) groups excluding carboxylic acids is 1. The van der Waals surface area contributed by atoms with Crippen LogP contribution in [0.1, 0.15) is 15.9 Å². The zero-order chi connectivity index (χ0) is 11.5. The summed E-state index contributed by atoms with van der Waals surface area (Å²) in [7, 11) is 0. The lowest BCUT2D eigenvalue weighted by atomic mass is 10.00. The van der Waals surface area contributed by atoms with Crippen LogP contribution in [0, 0.1) is 6.92 Å². The van der Waals surface area contributed by atoms with E-state index in [0.29, 0.717) is 11.8 Å². The van der Waals surface area contributed by atoms with Crippen molar-refractivity contribution < 1.29 is 4.79 Å². The average Bonchev–Trinajstić information content (AvgIpc) is 2.31. The normalized spacial score (nSPS) is 10.1. The van der Waals surface area contributed by atoms with E-state index in [1.807, 2.05) is 30.3 Å². The summed E-state index contributed by atoms with van der Waals surface area (Å²) in [5.74, 6) is 0. The van der Waals surface area contributed by atoms with Gasteiger partial charge in [-0.3, -0.25) is 9.59 Å². The summed E-state index contributed by atoms with van der Waals surface area (Å²) >= 11 is 0. The number of rotatable bonds is 2. The Balaban J connectivity index is 2.69. The molecule has 80 valence electrons. The highest BCUT2D eigenvalue weighted by atomic mass is 16.1. The van der Waals surface area contributed by atoms with Crippen molar-refractivity contribution in [2.24, 2.45) is 0 Å². The monoisotopic (exact) mass is 213 g/mol. The Kier molecular flexibility index (Phi) is 2.68. The first-order chi connectivity index (χ1) is 7.74. The van der Waals surface area contributed by atoms with Gasteiger partial charge in [0.2, 0.25) is 0 Å². The Labute approximate surface area is 92.8 Å². The maximum atomic E-state index is 11.4. The lowest BCUT2D eigenvalue weighted by Crippen LogP contribution is -2.13. The highest BCUT2D eigenvalue weighted by molar-refractivity contribution is 5.81. The van der Waals surface area contributed by atoms with Crippen molar-refractivity contribution in [3.8, 4) is 11.1 Å². The predicted molar refractivity (Wildman–Crippen MR) is 62.6 cm³/mol. The molecule has 0 fully saturated rings. The number of H-pyrrole nitrogens is 1. The molecule has 0 amide bonds. The largest absolute Gasteiger partial charge is 0.328 e. The zero-order valence-electron chi connectivity index (χ0n) is 8.86. The fourth-order valence-electron chi connectivity index (χ4n) is 1.70. The third-order valence-corrected chi connectivity index (χ3v) is 2.60. The Hall–Kier alpha value is -2.16. The number of nitrogens with one attached hydrogen (secondary N) is 1. The van der Waals surface area contributed by atoms with Crippen LogP contribution < -0.4 is 5.56 Å². The second-order valence-corrected chi connectivity index (χ2v) is 3.55. The standard InChI is InChI=1S/C13H11NO2/c1-9-11(10-5-3-2-4-6-10)7-14-13(16)12(9)8-15/h2-8H,1H3,(H,14,16). The molecule has 3 nitrogen and oxygen atoms in total. The Morgan fingerprint density at radius 2 is 1.88 bits per heavy atom. The van der Waals surface area contributed by atoms with E-state index in [2.05, 4.69) is 4.98 Å². The van der Waals surface area contributed by atoms with E-state index in [0.717, 1.165) is 11.1 Å². The van der Waals surface area contributed by atoms with Crippen LogP contribution in [0.3, 0.4) is 0 Å². The summed E-state index contributed by atoms with van der Waals surface area (Å²) < 4.78 is 0. The third kappa shape index (κ3) is 1.67. The molecule has 0 aliphatic heterocycles. The second-order valence-electron chi connectivity index (χ2n) is 3.55. The number of aromatic nitrogens is 1. The molecule has 1 aromatic carbocycles. The SMILES string of the molecule is Cc1c(-c2ccccc2)c[nH]c(=O)c1C=O. The van der Waals surface area contributed by atoms with Gasteiger partial charge in [0.05, 0.1) is 5.56 Å². The molecule has 0 aliphatic carbocycles. The topological polar surface area (TPSA) is 49.9 Å². The molecule has 0 aliphatic rings. The van der Waals surface area contributed by atoms with Crippen molar-refractivity contribution in [3.05, 3.63) is 58.0 Å². The summed E-state index contributed by atoms with van der Waals surface area (Å²) in [5.41, 5.74) is 2.43. The van der Waals surface area contributed by atoms with Crippen molar-refractivity contribution >= 4 is 6.29 Å². The molecule has 1 aromatic heterocycles. The summed E-state index contributed by atoms with van der Waals surface area (Å²) in [6.07, 6.45) is 2.24. The lowest BCUT2D eigenvalue weighted by Gasteiger charge is -2.06. The molecular weight excluding hydrogens is 202 g/mol. The molecule has 2 rings (SSSR count). The molecule has 0 bridgehead atoms. The summed E-state index contributed by atoms with van der Waals surface area (Å²) in [4.78, 5) is 24.8. The van der Waals surface area contributed by atoms with Gasteiger partial charge in [-0.2, -0.15) is 0 Å². The molecule has 0 spiro atoms. The van der Waals surface area contributed by atoms with E-state index >= 15 is 0 Å². The van der Waals surface area contributed by atoms with Gasteiger partial charge in [0, 0.05) is 11.8 Å². The van der Waals surface area contributed by atoms with Gasteiger partial charge in [-0.05, 0) is 18.1 Å². The molecule has 0 saturated carbocycles. The van der Waals surface area contributed by atoms with Crippen LogP contribution in [0.25, 0.3) is 11.1 Å². The molecular formula is C13H11NO2. The van der Waals surface area contributed by atoms with Crippen molar-refractivity contribution in [1.29, 1.82) is 0 Å². The number of carbonyl (C=O) groups is 1. The lowest BCUT2D eigenvalue weighted by molar-refractivity contribution is 0.112. The van der Waals surface area contributed by atoms with Gasteiger partial charge < -0.3 is 4.98 Å². The van der Waals surface area contributed by atoms with Gasteiger partial charge in [-0.1, -0.05) is 30.3 Å². The highest BCUT2D eigenvalue weighted by Gasteiger charge is 2.08. The molecule has 1 N–H and O–H groups in total. The van der Waals surface area contributed by atoms with E-state index in [4.69, 9.17) is 0 Å². The molecule has 0 saturated heterocycles. The first kappa shape index (κ1) is 10.4. The van der Waals surface area contributed by atoms with Crippen LogP contribution in [0.4, 0.5) is 0 Å². The minimum atomic E-state index is -0.341. The van der Waals surface area contributed by atoms with Gasteiger partial charge in [0.15, 0.2) is 6.29 Å². The van der Waals surface area contributed by atoms with Crippen LogP contribution >= 0.6 is 0 Å². The summed E-state index contributed by atoms with van der Waals surface area (Å²) in [6, 6.07) is 9.64. The average molecular weight is 213 g/mol. The van der Waals surface area contributed by atoms with Crippen LogP contribution in [0.5, 0.6) is 0 Å². The Morgan fingerprint density at radius 3 is 2.50 bits per heavy atom. The van der Waals surface area contributed by atoms with Gasteiger partial charge in [0.25, 0.3) is 5.56 Å². The van der Waals surface area contributed by atoms with Crippen molar-refractivity contribution in [2.75, 3.05) is 0 Å². The third-order valence-electron chi connectivity index (χ3n) is 2.60. The van der Waals surface area contributed by atoms with Gasteiger partial charge in [0.1, 0.15) is 0 Å². The first-order valence-electron chi connectivity index (χ1n) is 4.97. The van der Waals surface area contributed by atoms with Crippen molar-refractivity contribution in [1.82, 2.24) is 4.98 Å². The number of aldehydes is 1. The number of benzene rings is 1. The Bertz CT molecular complexity index is 570. The van der Waals surface area contributed by atoms with Gasteiger partial charge in [-0.25, -0.2) is 0 Å². The zero-order valence-corrected chi connectivity index (χ0v) is 8.86. The minimum absolute atomic E-state index is 0.196. The smallest absolute Gasteiger partial charge is 0.258 e. The van der Waals surface area contributed by atoms with Crippen LogP contribution in [-0.4, -0.2) is 11.3 Å².